The summed E-state index contributed by atoms with van der Waals surface area (Å²) in [6.07, 6.45) is 0.624. The van der Waals surface area contributed by atoms with Gasteiger partial charge in [0.25, 0.3) is 0 Å². The van der Waals surface area contributed by atoms with Gasteiger partial charge in [0.1, 0.15) is 5.82 Å². The van der Waals surface area contributed by atoms with E-state index < -0.39 is 5.82 Å². The molecule has 0 aromatic heterocycles. The molecule has 2 aromatic carbocycles. The molecule has 0 aliphatic carbocycles. The van der Waals surface area contributed by atoms with Crippen LogP contribution in [0, 0.1) is 12.7 Å². The minimum absolute atomic E-state index is 0.0780. The van der Waals surface area contributed by atoms with Gasteiger partial charge < -0.3 is 0 Å². The van der Waals surface area contributed by atoms with Gasteiger partial charge >= 0.3 is 0 Å². The third kappa shape index (κ3) is 3.38. The Labute approximate surface area is 131 Å². The minimum Gasteiger partial charge on any atom is -0.271 e. The van der Waals surface area contributed by atoms with E-state index in [0.29, 0.717) is 6.42 Å². The number of hydrogen-bond acceptors (Lipinski definition) is 2. The molecule has 3 N–H and O–H groups in total. The third-order valence-corrected chi connectivity index (χ3v) is 4.60. The van der Waals surface area contributed by atoms with E-state index in [4.69, 9.17) is 17.4 Å². The van der Waals surface area contributed by atoms with E-state index in [-0.39, 0.29) is 11.1 Å². The lowest BCUT2D eigenvalue weighted by Gasteiger charge is -2.19. The van der Waals surface area contributed by atoms with E-state index in [1.54, 1.807) is 12.1 Å². The van der Waals surface area contributed by atoms with Gasteiger partial charge in [0.05, 0.1) is 11.1 Å². The second-order valence-electron chi connectivity index (χ2n) is 4.65. The Morgan fingerprint density at radius 2 is 2.10 bits per heavy atom. The highest BCUT2D eigenvalue weighted by Gasteiger charge is 2.15. The van der Waals surface area contributed by atoms with Gasteiger partial charge in [0.2, 0.25) is 0 Å². The molecule has 0 saturated heterocycles. The second kappa shape index (κ2) is 6.68. The number of rotatable bonds is 4. The fourth-order valence-electron chi connectivity index (χ4n) is 2.10. The van der Waals surface area contributed by atoms with Gasteiger partial charge in [-0.25, -0.2) is 4.39 Å². The van der Waals surface area contributed by atoms with Crippen molar-refractivity contribution in [2.45, 2.75) is 19.4 Å². The molecule has 0 saturated carbocycles. The van der Waals surface area contributed by atoms with Gasteiger partial charge in [-0.05, 0) is 42.2 Å². The number of hydrogen-bond donors (Lipinski definition) is 2. The summed E-state index contributed by atoms with van der Waals surface area (Å²) in [6, 6.07) is 10.7. The zero-order chi connectivity index (χ0) is 14.7. The minimum atomic E-state index is -0.413. The standard InChI is InChI=1S/C15H15BrClFN2/c1-9-3-2-4-11(15(9)16)14(20-19)8-10-5-6-13(18)12(17)7-10/h2-7,14,20H,8,19H2,1H3. The van der Waals surface area contributed by atoms with Gasteiger partial charge in [-0.3, -0.25) is 11.3 Å². The highest BCUT2D eigenvalue weighted by Crippen LogP contribution is 2.29. The smallest absolute Gasteiger partial charge is 0.141 e. The Morgan fingerprint density at radius 3 is 2.75 bits per heavy atom. The predicted octanol–water partition coefficient (Wildman–Crippen LogP) is 4.30. The topological polar surface area (TPSA) is 38.0 Å². The summed E-state index contributed by atoms with van der Waals surface area (Å²) < 4.78 is 14.2. The van der Waals surface area contributed by atoms with E-state index in [2.05, 4.69) is 21.4 Å². The van der Waals surface area contributed by atoms with Crippen LogP contribution in [-0.4, -0.2) is 0 Å². The van der Waals surface area contributed by atoms with Crippen LogP contribution in [0.4, 0.5) is 4.39 Å². The molecule has 5 heteroatoms. The van der Waals surface area contributed by atoms with E-state index in [0.717, 1.165) is 21.2 Å². The first-order valence-electron chi connectivity index (χ1n) is 6.18. The SMILES string of the molecule is Cc1cccc(C(Cc2ccc(F)c(Cl)c2)NN)c1Br. The summed E-state index contributed by atoms with van der Waals surface area (Å²) in [5.41, 5.74) is 5.93. The molecule has 1 unspecified atom stereocenters. The van der Waals surface area contributed by atoms with E-state index in [1.807, 2.05) is 25.1 Å². The first-order chi connectivity index (χ1) is 9.52. The Bertz CT molecular complexity index is 619. The van der Waals surface area contributed by atoms with E-state index in [9.17, 15) is 4.39 Å². The molecule has 0 bridgehead atoms. The summed E-state index contributed by atoms with van der Waals surface area (Å²) in [7, 11) is 0. The predicted molar refractivity (Wildman–Crippen MR) is 84.1 cm³/mol. The van der Waals surface area contributed by atoms with Crippen molar-refractivity contribution < 1.29 is 4.39 Å². The second-order valence-corrected chi connectivity index (χ2v) is 5.85. The van der Waals surface area contributed by atoms with Crippen molar-refractivity contribution in [3.8, 4) is 0 Å². The van der Waals surface area contributed by atoms with Crippen LogP contribution in [-0.2, 0) is 6.42 Å². The molecule has 2 nitrogen and oxygen atoms in total. The summed E-state index contributed by atoms with van der Waals surface area (Å²) in [5, 5.41) is 0.126. The molecule has 1 atom stereocenters. The maximum Gasteiger partial charge on any atom is 0.141 e. The van der Waals surface area contributed by atoms with Crippen molar-refractivity contribution in [1.29, 1.82) is 0 Å². The third-order valence-electron chi connectivity index (χ3n) is 3.22. The van der Waals surface area contributed by atoms with Crippen molar-refractivity contribution in [2.24, 2.45) is 5.84 Å². The molecule has 106 valence electrons. The number of benzene rings is 2. The van der Waals surface area contributed by atoms with Crippen LogP contribution in [0.1, 0.15) is 22.7 Å². The lowest BCUT2D eigenvalue weighted by atomic mass is 9.98. The largest absolute Gasteiger partial charge is 0.271 e. The first-order valence-corrected chi connectivity index (χ1v) is 7.35. The van der Waals surface area contributed by atoms with Crippen molar-refractivity contribution in [1.82, 2.24) is 5.43 Å². The lowest BCUT2D eigenvalue weighted by molar-refractivity contribution is 0.548. The zero-order valence-corrected chi connectivity index (χ0v) is 13.3. The quantitative estimate of drug-likeness (QED) is 0.632. The molecular formula is C15H15BrClFN2. The monoisotopic (exact) mass is 356 g/mol. The first kappa shape index (κ1) is 15.4. The van der Waals surface area contributed by atoms with Crippen LogP contribution in [0.5, 0.6) is 0 Å². The van der Waals surface area contributed by atoms with Crippen LogP contribution in [0.25, 0.3) is 0 Å². The molecular weight excluding hydrogens is 343 g/mol. The van der Waals surface area contributed by atoms with Crippen LogP contribution in [0.15, 0.2) is 40.9 Å². The maximum absolute atomic E-state index is 13.2. The van der Waals surface area contributed by atoms with Gasteiger partial charge in [-0.2, -0.15) is 0 Å². The molecule has 0 heterocycles. The molecule has 0 radical (unpaired) electrons. The maximum atomic E-state index is 13.2. The average Bonchev–Trinajstić information content (AvgIpc) is 2.43. The summed E-state index contributed by atoms with van der Waals surface area (Å²) in [5.74, 6) is 5.25. The summed E-state index contributed by atoms with van der Waals surface area (Å²) >= 11 is 9.39. The average molecular weight is 358 g/mol. The molecule has 0 aliphatic heterocycles. The molecule has 0 fully saturated rings. The number of nitrogens with one attached hydrogen (secondary N) is 1. The molecule has 0 aliphatic rings. The zero-order valence-electron chi connectivity index (χ0n) is 11.0. The van der Waals surface area contributed by atoms with Gasteiger partial charge in [-0.15, -0.1) is 0 Å². The van der Waals surface area contributed by atoms with Crippen molar-refractivity contribution >= 4 is 27.5 Å². The Hall–Kier alpha value is -0.940. The molecule has 2 aromatic rings. The van der Waals surface area contributed by atoms with Crippen LogP contribution < -0.4 is 11.3 Å². The van der Waals surface area contributed by atoms with Crippen molar-refractivity contribution in [3.63, 3.8) is 0 Å². The van der Waals surface area contributed by atoms with Crippen molar-refractivity contribution in [2.75, 3.05) is 0 Å². The Kier molecular flexibility index (Phi) is 5.16. The van der Waals surface area contributed by atoms with Gasteiger partial charge in [0, 0.05) is 4.47 Å². The summed E-state index contributed by atoms with van der Waals surface area (Å²) in [6.45, 7) is 2.02. The normalized spacial score (nSPS) is 12.4. The fourth-order valence-corrected chi connectivity index (χ4v) is 2.84. The van der Waals surface area contributed by atoms with Gasteiger partial charge in [-0.1, -0.05) is 51.8 Å². The highest BCUT2D eigenvalue weighted by atomic mass is 79.9. The van der Waals surface area contributed by atoms with Crippen LogP contribution >= 0.6 is 27.5 Å². The lowest BCUT2D eigenvalue weighted by Crippen LogP contribution is -2.30. The number of halogens is 3. The molecule has 0 amide bonds. The van der Waals surface area contributed by atoms with Crippen LogP contribution in [0.3, 0.4) is 0 Å². The van der Waals surface area contributed by atoms with E-state index in [1.165, 1.54) is 6.07 Å². The number of hydrazine groups is 1. The molecule has 0 spiro atoms. The number of nitrogens with two attached hydrogens (primary N) is 1. The summed E-state index contributed by atoms with van der Waals surface area (Å²) in [4.78, 5) is 0. The van der Waals surface area contributed by atoms with E-state index >= 15 is 0 Å². The molecule has 2 rings (SSSR count). The molecule has 20 heavy (non-hydrogen) atoms. The van der Waals surface area contributed by atoms with Crippen molar-refractivity contribution in [3.05, 3.63) is 68.4 Å². The Morgan fingerprint density at radius 1 is 1.35 bits per heavy atom. The Balaban J connectivity index is 2.28. The fraction of sp³-hybridized carbons (Fsp3) is 0.200. The van der Waals surface area contributed by atoms with Crippen LogP contribution in [0.2, 0.25) is 5.02 Å². The highest BCUT2D eigenvalue weighted by molar-refractivity contribution is 9.10. The number of aryl methyl sites for hydroxylation is 1. The van der Waals surface area contributed by atoms with Gasteiger partial charge in [0.15, 0.2) is 0 Å².